The molecule has 2 unspecified atom stereocenters. The summed E-state index contributed by atoms with van der Waals surface area (Å²) in [7, 11) is 0. The fourth-order valence-corrected chi connectivity index (χ4v) is 2.33. The van der Waals surface area contributed by atoms with E-state index in [1.165, 1.54) is 0 Å². The topological polar surface area (TPSA) is 29.5 Å². The van der Waals surface area contributed by atoms with E-state index in [9.17, 15) is 4.79 Å². The molecule has 0 radical (unpaired) electrons. The van der Waals surface area contributed by atoms with Crippen LogP contribution in [-0.2, 0) is 9.53 Å². The van der Waals surface area contributed by atoms with E-state index in [0.717, 1.165) is 24.7 Å². The van der Waals surface area contributed by atoms with E-state index in [-0.39, 0.29) is 17.6 Å². The maximum absolute atomic E-state index is 12.2. The number of ether oxygens (including phenoxy) is 1. The SMILES string of the molecule is CC1COC(CBr)CN1C(=O)C1(C)CC1. The van der Waals surface area contributed by atoms with Crippen LogP contribution in [0.15, 0.2) is 0 Å². The van der Waals surface area contributed by atoms with E-state index in [4.69, 9.17) is 4.74 Å². The molecule has 1 saturated heterocycles. The van der Waals surface area contributed by atoms with Crippen LogP contribution in [0.4, 0.5) is 0 Å². The van der Waals surface area contributed by atoms with Gasteiger partial charge in [0.25, 0.3) is 0 Å². The summed E-state index contributed by atoms with van der Waals surface area (Å²) in [5.74, 6) is 0.323. The fourth-order valence-electron chi connectivity index (χ4n) is 1.94. The molecule has 0 aromatic rings. The maximum Gasteiger partial charge on any atom is 0.228 e. The first kappa shape index (κ1) is 11.4. The highest BCUT2D eigenvalue weighted by Gasteiger charge is 2.48. The van der Waals surface area contributed by atoms with Gasteiger partial charge < -0.3 is 9.64 Å². The maximum atomic E-state index is 12.2. The van der Waals surface area contributed by atoms with Crippen molar-refractivity contribution in [3.05, 3.63) is 0 Å². The number of hydrogen-bond acceptors (Lipinski definition) is 2. The van der Waals surface area contributed by atoms with E-state index < -0.39 is 0 Å². The minimum atomic E-state index is -0.0531. The van der Waals surface area contributed by atoms with Gasteiger partial charge in [0.2, 0.25) is 5.91 Å². The van der Waals surface area contributed by atoms with E-state index in [1.54, 1.807) is 0 Å². The number of halogens is 1. The van der Waals surface area contributed by atoms with Crippen molar-refractivity contribution in [1.29, 1.82) is 0 Å². The molecule has 1 saturated carbocycles. The van der Waals surface area contributed by atoms with Crippen LogP contribution in [-0.4, -0.2) is 41.4 Å². The summed E-state index contributed by atoms with van der Waals surface area (Å²) < 4.78 is 5.61. The molecule has 2 fully saturated rings. The molecule has 1 aliphatic carbocycles. The number of rotatable bonds is 2. The molecule has 4 heteroatoms. The molecule has 2 aliphatic rings. The Kier molecular flexibility index (Phi) is 3.08. The number of morpholine rings is 1. The monoisotopic (exact) mass is 275 g/mol. The van der Waals surface area contributed by atoms with Gasteiger partial charge in [-0.1, -0.05) is 22.9 Å². The van der Waals surface area contributed by atoms with Crippen LogP contribution < -0.4 is 0 Å². The van der Waals surface area contributed by atoms with E-state index in [2.05, 4.69) is 29.8 Å². The lowest BCUT2D eigenvalue weighted by atomic mass is 10.1. The third-order valence-corrected chi connectivity index (χ3v) is 4.18. The predicted octanol–water partition coefficient (Wildman–Crippen LogP) is 1.80. The van der Waals surface area contributed by atoms with Gasteiger partial charge in [-0.25, -0.2) is 0 Å². The molecule has 0 N–H and O–H groups in total. The van der Waals surface area contributed by atoms with Gasteiger partial charge in [0.05, 0.1) is 18.8 Å². The summed E-state index contributed by atoms with van der Waals surface area (Å²) in [6.45, 7) is 5.54. The second-order valence-electron chi connectivity index (χ2n) is 4.98. The highest BCUT2D eigenvalue weighted by Crippen LogP contribution is 2.47. The van der Waals surface area contributed by atoms with Crippen LogP contribution in [0.2, 0.25) is 0 Å². The second kappa shape index (κ2) is 4.06. The van der Waals surface area contributed by atoms with E-state index in [0.29, 0.717) is 12.5 Å². The molecule has 1 aliphatic heterocycles. The van der Waals surface area contributed by atoms with Crippen molar-refractivity contribution >= 4 is 21.8 Å². The Balaban J connectivity index is 2.02. The predicted molar refractivity (Wildman–Crippen MR) is 62.1 cm³/mol. The lowest BCUT2D eigenvalue weighted by Crippen LogP contribution is -2.53. The first-order chi connectivity index (χ1) is 7.07. The third-order valence-electron chi connectivity index (χ3n) is 3.45. The van der Waals surface area contributed by atoms with Gasteiger partial charge in [-0.15, -0.1) is 0 Å². The van der Waals surface area contributed by atoms with Crippen LogP contribution in [0.1, 0.15) is 26.7 Å². The molecule has 0 aromatic carbocycles. The zero-order valence-electron chi connectivity index (χ0n) is 9.33. The Hall–Kier alpha value is -0.0900. The molecule has 3 nitrogen and oxygen atoms in total. The number of carbonyl (C=O) groups excluding carboxylic acids is 1. The first-order valence-corrected chi connectivity index (χ1v) is 6.67. The summed E-state index contributed by atoms with van der Waals surface area (Å²) in [4.78, 5) is 14.2. The van der Waals surface area contributed by atoms with Crippen LogP contribution in [0.5, 0.6) is 0 Å². The van der Waals surface area contributed by atoms with Gasteiger partial charge in [-0.05, 0) is 19.8 Å². The van der Waals surface area contributed by atoms with E-state index in [1.807, 2.05) is 4.90 Å². The van der Waals surface area contributed by atoms with Gasteiger partial charge in [0.15, 0.2) is 0 Å². The first-order valence-electron chi connectivity index (χ1n) is 5.55. The van der Waals surface area contributed by atoms with Crippen molar-refractivity contribution in [2.45, 2.75) is 38.8 Å². The molecule has 15 heavy (non-hydrogen) atoms. The summed E-state index contributed by atoms with van der Waals surface area (Å²) >= 11 is 3.41. The zero-order chi connectivity index (χ0) is 11.1. The average Bonchev–Trinajstić information content (AvgIpc) is 2.98. The van der Waals surface area contributed by atoms with Gasteiger partial charge >= 0.3 is 0 Å². The van der Waals surface area contributed by atoms with Gasteiger partial charge in [-0.3, -0.25) is 4.79 Å². The molecule has 0 spiro atoms. The fraction of sp³-hybridized carbons (Fsp3) is 0.909. The smallest absolute Gasteiger partial charge is 0.228 e. The number of alkyl halides is 1. The summed E-state index contributed by atoms with van der Waals surface area (Å²) in [6, 6.07) is 0.227. The number of nitrogens with zero attached hydrogens (tertiary/aromatic N) is 1. The number of hydrogen-bond donors (Lipinski definition) is 0. The van der Waals surface area contributed by atoms with Crippen LogP contribution in [0.3, 0.4) is 0 Å². The van der Waals surface area contributed by atoms with Crippen molar-refractivity contribution in [3.8, 4) is 0 Å². The summed E-state index contributed by atoms with van der Waals surface area (Å²) in [5.41, 5.74) is -0.0531. The lowest BCUT2D eigenvalue weighted by Gasteiger charge is -2.39. The van der Waals surface area contributed by atoms with Crippen molar-refractivity contribution in [1.82, 2.24) is 4.90 Å². The van der Waals surface area contributed by atoms with Crippen LogP contribution in [0, 0.1) is 5.41 Å². The van der Waals surface area contributed by atoms with Gasteiger partial charge in [-0.2, -0.15) is 0 Å². The Labute approximate surface area is 99.3 Å². The van der Waals surface area contributed by atoms with Crippen LogP contribution >= 0.6 is 15.9 Å². The molecule has 1 amide bonds. The Morgan fingerprint density at radius 3 is 2.80 bits per heavy atom. The molecule has 2 atom stereocenters. The molecule has 0 aromatic heterocycles. The molecule has 2 rings (SSSR count). The summed E-state index contributed by atoms with van der Waals surface area (Å²) in [5, 5.41) is 0.806. The minimum absolute atomic E-state index is 0.0531. The average molecular weight is 276 g/mol. The van der Waals surface area contributed by atoms with E-state index >= 15 is 0 Å². The van der Waals surface area contributed by atoms with Crippen molar-refractivity contribution in [2.75, 3.05) is 18.5 Å². The standard InChI is InChI=1S/C11H18BrNO2/c1-8-7-15-9(5-12)6-13(8)10(14)11(2)3-4-11/h8-9H,3-7H2,1-2H3. The Morgan fingerprint density at radius 2 is 2.27 bits per heavy atom. The number of carbonyl (C=O) groups is 1. The van der Waals surface area contributed by atoms with Gasteiger partial charge in [0, 0.05) is 17.3 Å². The highest BCUT2D eigenvalue weighted by molar-refractivity contribution is 9.09. The zero-order valence-corrected chi connectivity index (χ0v) is 10.9. The number of amides is 1. The van der Waals surface area contributed by atoms with Crippen LogP contribution in [0.25, 0.3) is 0 Å². The molecule has 1 heterocycles. The van der Waals surface area contributed by atoms with Crippen molar-refractivity contribution in [3.63, 3.8) is 0 Å². The normalized spacial score (nSPS) is 33.9. The van der Waals surface area contributed by atoms with Crippen molar-refractivity contribution < 1.29 is 9.53 Å². The Bertz CT molecular complexity index is 265. The molecular weight excluding hydrogens is 258 g/mol. The molecule has 86 valence electrons. The lowest BCUT2D eigenvalue weighted by molar-refractivity contribution is -0.148. The molecule has 0 bridgehead atoms. The largest absolute Gasteiger partial charge is 0.373 e. The van der Waals surface area contributed by atoms with Gasteiger partial charge in [0.1, 0.15) is 0 Å². The Morgan fingerprint density at radius 1 is 1.60 bits per heavy atom. The summed E-state index contributed by atoms with van der Waals surface area (Å²) in [6.07, 6.45) is 2.26. The quantitative estimate of drug-likeness (QED) is 0.720. The van der Waals surface area contributed by atoms with Crippen molar-refractivity contribution in [2.24, 2.45) is 5.41 Å². The molecular formula is C11H18BrNO2. The highest BCUT2D eigenvalue weighted by atomic mass is 79.9. The minimum Gasteiger partial charge on any atom is -0.373 e. The second-order valence-corrected chi connectivity index (χ2v) is 5.62. The third kappa shape index (κ3) is 2.21.